The first-order chi connectivity index (χ1) is 14.0. The maximum absolute atomic E-state index is 13.1. The van der Waals surface area contributed by atoms with Crippen molar-refractivity contribution in [3.05, 3.63) is 58.7 Å². The second-order valence-electron chi connectivity index (χ2n) is 7.18. The lowest BCUT2D eigenvalue weighted by molar-refractivity contribution is -0.154. The molecule has 0 saturated heterocycles. The Bertz CT molecular complexity index is 845. The highest BCUT2D eigenvalue weighted by atomic mass is 16.7. The lowest BCUT2D eigenvalue weighted by atomic mass is 9.91. The molecule has 0 N–H and O–H groups in total. The van der Waals surface area contributed by atoms with Gasteiger partial charge in [-0.25, -0.2) is 4.79 Å². The van der Waals surface area contributed by atoms with Crippen molar-refractivity contribution in [2.24, 2.45) is 0 Å². The first-order valence-electron chi connectivity index (χ1n) is 10.4. The van der Waals surface area contributed by atoms with Crippen molar-refractivity contribution in [1.29, 1.82) is 0 Å². The fourth-order valence-corrected chi connectivity index (χ4v) is 3.57. The maximum Gasteiger partial charge on any atom is 0.338 e. The Morgan fingerprint density at radius 2 is 1.90 bits per heavy atom. The highest BCUT2D eigenvalue weighted by molar-refractivity contribution is 5.94. The monoisotopic (exact) mass is 398 g/mol. The van der Waals surface area contributed by atoms with Crippen LogP contribution >= 0.6 is 0 Å². The first-order valence-corrected chi connectivity index (χ1v) is 10.4. The average Bonchev–Trinajstić information content (AvgIpc) is 2.71. The van der Waals surface area contributed by atoms with Crippen LogP contribution in [0.1, 0.15) is 73.7 Å². The predicted molar refractivity (Wildman–Crippen MR) is 112 cm³/mol. The summed E-state index contributed by atoms with van der Waals surface area (Å²) >= 11 is 0. The minimum atomic E-state index is -0.369. The van der Waals surface area contributed by atoms with E-state index in [2.05, 4.69) is 6.92 Å². The zero-order valence-electron chi connectivity index (χ0n) is 17.7. The molecule has 0 amide bonds. The molecule has 0 radical (unpaired) electrons. The normalized spacial score (nSPS) is 14.3. The number of unbranched alkanes of at least 4 members (excludes halogenated alkanes) is 1. The van der Waals surface area contributed by atoms with Gasteiger partial charge >= 0.3 is 5.97 Å². The van der Waals surface area contributed by atoms with E-state index >= 15 is 0 Å². The zero-order valence-corrected chi connectivity index (χ0v) is 17.7. The van der Waals surface area contributed by atoms with Gasteiger partial charge in [-0.3, -0.25) is 0 Å². The number of carbonyl (C=O) groups is 1. The van der Waals surface area contributed by atoms with Crippen molar-refractivity contribution in [2.45, 2.75) is 59.4 Å². The number of rotatable bonds is 9. The van der Waals surface area contributed by atoms with Gasteiger partial charge in [-0.05, 0) is 50.5 Å². The number of carbonyl (C=O) groups excluding carboxylic acids is 1. The lowest BCUT2D eigenvalue weighted by Crippen LogP contribution is -2.20. The third-order valence-electron chi connectivity index (χ3n) is 5.03. The zero-order chi connectivity index (χ0) is 20.8. The first kappa shape index (κ1) is 21.3. The fraction of sp³-hybridized carbons (Fsp3) is 0.458. The Hall–Kier alpha value is -2.37. The molecule has 3 rings (SSSR count). The molecule has 29 heavy (non-hydrogen) atoms. The molecule has 2 unspecified atom stereocenters. The Kier molecular flexibility index (Phi) is 7.29. The molecule has 5 heteroatoms. The van der Waals surface area contributed by atoms with Gasteiger partial charge in [0.1, 0.15) is 11.5 Å². The fourth-order valence-electron chi connectivity index (χ4n) is 3.57. The highest BCUT2D eigenvalue weighted by Crippen LogP contribution is 2.41. The number of hydrogen-bond donors (Lipinski definition) is 0. The largest absolute Gasteiger partial charge is 0.462 e. The molecule has 2 aromatic carbocycles. The summed E-state index contributed by atoms with van der Waals surface area (Å²) in [7, 11) is 0. The van der Waals surface area contributed by atoms with Crippen molar-refractivity contribution < 1.29 is 23.7 Å². The molecular weight excluding hydrogens is 368 g/mol. The summed E-state index contributed by atoms with van der Waals surface area (Å²) < 4.78 is 23.2. The Labute approximate surface area is 172 Å². The standard InChI is InChI=1S/C24H30O5/c1-5-7-14-27-24(25)23-19(16(3)28-17(4)26-6-2)12-13-22-20(23)15-18-10-8-9-11-21(18)29-22/h8-13,16-17H,5-7,14-15H2,1-4H3. The van der Waals surface area contributed by atoms with Gasteiger partial charge < -0.3 is 18.9 Å². The Morgan fingerprint density at radius 1 is 1.10 bits per heavy atom. The number of fused-ring (bicyclic) bond motifs is 2. The van der Waals surface area contributed by atoms with Crippen molar-refractivity contribution >= 4 is 5.97 Å². The van der Waals surface area contributed by atoms with Gasteiger partial charge in [-0.1, -0.05) is 37.6 Å². The summed E-state index contributed by atoms with van der Waals surface area (Å²) in [6, 6.07) is 11.7. The molecule has 2 aromatic rings. The summed E-state index contributed by atoms with van der Waals surface area (Å²) in [4.78, 5) is 13.1. The van der Waals surface area contributed by atoms with Gasteiger partial charge in [0.2, 0.25) is 0 Å². The Balaban J connectivity index is 1.97. The molecule has 0 saturated carbocycles. The number of esters is 1. The molecule has 0 fully saturated rings. The lowest BCUT2D eigenvalue weighted by Gasteiger charge is -2.26. The molecule has 0 bridgehead atoms. The van der Waals surface area contributed by atoms with Gasteiger partial charge in [0.05, 0.1) is 18.3 Å². The van der Waals surface area contributed by atoms with Gasteiger partial charge in [0.15, 0.2) is 6.29 Å². The van der Waals surface area contributed by atoms with Gasteiger partial charge in [0, 0.05) is 18.6 Å². The highest BCUT2D eigenvalue weighted by Gasteiger charge is 2.29. The van der Waals surface area contributed by atoms with Gasteiger partial charge in [0.25, 0.3) is 0 Å². The van der Waals surface area contributed by atoms with E-state index < -0.39 is 0 Å². The van der Waals surface area contributed by atoms with Crippen LogP contribution in [0.25, 0.3) is 0 Å². The molecule has 0 spiro atoms. The van der Waals surface area contributed by atoms with E-state index in [0.717, 1.165) is 35.3 Å². The van der Waals surface area contributed by atoms with E-state index in [0.29, 0.717) is 30.9 Å². The third kappa shape index (κ3) is 4.98. The minimum absolute atomic E-state index is 0.326. The van der Waals surface area contributed by atoms with Crippen molar-refractivity contribution in [1.82, 2.24) is 0 Å². The molecule has 5 nitrogen and oxygen atoms in total. The van der Waals surface area contributed by atoms with Crippen LogP contribution in [-0.2, 0) is 20.6 Å². The van der Waals surface area contributed by atoms with Crippen LogP contribution < -0.4 is 4.74 Å². The average molecular weight is 398 g/mol. The molecule has 0 aliphatic carbocycles. The van der Waals surface area contributed by atoms with Crippen LogP contribution in [-0.4, -0.2) is 25.5 Å². The van der Waals surface area contributed by atoms with E-state index in [1.165, 1.54) is 0 Å². The van der Waals surface area contributed by atoms with Gasteiger partial charge in [-0.15, -0.1) is 0 Å². The van der Waals surface area contributed by atoms with Crippen LogP contribution in [0.2, 0.25) is 0 Å². The van der Waals surface area contributed by atoms with E-state index in [1.807, 2.05) is 57.2 Å². The topological polar surface area (TPSA) is 54.0 Å². The molecular formula is C24H30O5. The molecule has 0 aromatic heterocycles. The van der Waals surface area contributed by atoms with Crippen LogP contribution in [0.4, 0.5) is 0 Å². The van der Waals surface area contributed by atoms with Crippen LogP contribution in [0.5, 0.6) is 11.5 Å². The summed E-state index contributed by atoms with van der Waals surface area (Å²) in [5.74, 6) is 1.19. The SMILES string of the molecule is CCCCOC(=O)c1c(C(C)OC(C)OCC)ccc2c1Cc1ccccc1O2. The molecule has 1 aliphatic rings. The van der Waals surface area contributed by atoms with Gasteiger partial charge in [-0.2, -0.15) is 0 Å². The Morgan fingerprint density at radius 3 is 2.66 bits per heavy atom. The molecule has 1 heterocycles. The smallest absolute Gasteiger partial charge is 0.338 e. The van der Waals surface area contributed by atoms with Crippen LogP contribution in [0.3, 0.4) is 0 Å². The summed E-state index contributed by atoms with van der Waals surface area (Å²) in [5.41, 5.74) is 3.24. The van der Waals surface area contributed by atoms with Crippen LogP contribution in [0.15, 0.2) is 36.4 Å². The van der Waals surface area contributed by atoms with E-state index in [-0.39, 0.29) is 18.4 Å². The summed E-state index contributed by atoms with van der Waals surface area (Å²) in [6.07, 6.45) is 1.72. The quantitative estimate of drug-likeness (QED) is 0.259. The number of benzene rings is 2. The predicted octanol–water partition coefficient (Wildman–Crippen LogP) is 5.80. The maximum atomic E-state index is 13.1. The molecule has 156 valence electrons. The number of hydrogen-bond acceptors (Lipinski definition) is 5. The second kappa shape index (κ2) is 9.90. The van der Waals surface area contributed by atoms with E-state index in [4.69, 9.17) is 18.9 Å². The minimum Gasteiger partial charge on any atom is -0.462 e. The van der Waals surface area contributed by atoms with E-state index in [9.17, 15) is 4.79 Å². The number of ether oxygens (including phenoxy) is 4. The summed E-state index contributed by atoms with van der Waals surface area (Å²) in [5, 5.41) is 0. The van der Waals surface area contributed by atoms with Crippen molar-refractivity contribution in [2.75, 3.05) is 13.2 Å². The second-order valence-corrected chi connectivity index (χ2v) is 7.18. The number of para-hydroxylation sites is 1. The van der Waals surface area contributed by atoms with Crippen molar-refractivity contribution in [3.8, 4) is 11.5 Å². The molecule has 1 aliphatic heterocycles. The summed E-state index contributed by atoms with van der Waals surface area (Å²) in [6.45, 7) is 8.75. The molecule has 2 atom stereocenters. The van der Waals surface area contributed by atoms with E-state index in [1.54, 1.807) is 0 Å². The van der Waals surface area contributed by atoms with Crippen LogP contribution in [0, 0.1) is 0 Å². The third-order valence-corrected chi connectivity index (χ3v) is 5.03. The van der Waals surface area contributed by atoms with Crippen molar-refractivity contribution in [3.63, 3.8) is 0 Å².